The summed E-state index contributed by atoms with van der Waals surface area (Å²) in [4.78, 5) is 7.02. The van der Waals surface area contributed by atoms with E-state index < -0.39 is 41.2 Å². The van der Waals surface area contributed by atoms with Crippen LogP contribution in [0, 0.1) is 5.82 Å². The van der Waals surface area contributed by atoms with Gasteiger partial charge in [0.2, 0.25) is 0 Å². The van der Waals surface area contributed by atoms with Gasteiger partial charge in [-0.25, -0.2) is 9.37 Å². The second-order valence-electron chi connectivity index (χ2n) is 6.28. The molecule has 0 fully saturated rings. The molecule has 0 radical (unpaired) electrons. The molecule has 0 aliphatic carbocycles. The van der Waals surface area contributed by atoms with Crippen molar-refractivity contribution in [2.24, 2.45) is 10.2 Å². The molecule has 0 aliphatic rings. The molecular formula is C19H11BrF7N5. The molecule has 0 unspecified atom stereocenters. The third-order valence-corrected chi connectivity index (χ3v) is 4.34. The van der Waals surface area contributed by atoms with E-state index in [4.69, 9.17) is 0 Å². The fourth-order valence-electron chi connectivity index (χ4n) is 2.47. The third-order valence-electron chi connectivity index (χ3n) is 3.85. The standard InChI is InChI=1S/C19H11BrF7N5/c20-11-3-1-2-10(6-11)9-28-32-17-30-15(19(25,26)27)8-16(31-17)29-12-4-5-14(21)13(7-12)18(22,23)24/h1-8H,9H2,(H,29,30,31). The van der Waals surface area contributed by atoms with Gasteiger partial charge < -0.3 is 5.32 Å². The predicted octanol–water partition coefficient (Wildman–Crippen LogP) is 7.44. The van der Waals surface area contributed by atoms with Gasteiger partial charge in [0.05, 0.1) is 12.1 Å². The number of benzene rings is 2. The predicted molar refractivity (Wildman–Crippen MR) is 104 cm³/mol. The first kappa shape index (κ1) is 23.6. The SMILES string of the molecule is Fc1ccc(Nc2cc(C(F)(F)F)nc(N=NCc3cccc(Br)c3)n2)cc1C(F)(F)F. The van der Waals surface area contributed by atoms with Gasteiger partial charge >= 0.3 is 12.4 Å². The number of nitrogens with zero attached hydrogens (tertiary/aromatic N) is 4. The minimum atomic E-state index is -4.99. The Bertz CT molecular complexity index is 1150. The molecule has 32 heavy (non-hydrogen) atoms. The lowest BCUT2D eigenvalue weighted by atomic mass is 10.2. The van der Waals surface area contributed by atoms with E-state index in [9.17, 15) is 30.7 Å². The molecule has 0 bridgehead atoms. The van der Waals surface area contributed by atoms with Crippen LogP contribution in [0.1, 0.15) is 16.8 Å². The molecule has 0 saturated carbocycles. The summed E-state index contributed by atoms with van der Waals surface area (Å²) in [5.41, 5.74) is -2.59. The van der Waals surface area contributed by atoms with E-state index in [0.29, 0.717) is 23.8 Å². The normalized spacial score (nSPS) is 12.4. The summed E-state index contributed by atoms with van der Waals surface area (Å²) < 4.78 is 92.5. The number of aromatic nitrogens is 2. The summed E-state index contributed by atoms with van der Waals surface area (Å²) in [6.45, 7) is 0.0225. The monoisotopic (exact) mass is 521 g/mol. The van der Waals surface area contributed by atoms with Gasteiger partial charge in [0.25, 0.3) is 5.95 Å². The first-order chi connectivity index (χ1) is 14.9. The maximum Gasteiger partial charge on any atom is 0.433 e. The summed E-state index contributed by atoms with van der Waals surface area (Å²) >= 11 is 3.27. The maximum absolute atomic E-state index is 13.4. The van der Waals surface area contributed by atoms with Crippen LogP contribution >= 0.6 is 15.9 Å². The second kappa shape index (κ2) is 9.18. The third kappa shape index (κ3) is 6.22. The highest BCUT2D eigenvalue weighted by Gasteiger charge is 2.35. The van der Waals surface area contributed by atoms with Gasteiger partial charge in [-0.2, -0.15) is 36.4 Å². The van der Waals surface area contributed by atoms with Crippen molar-refractivity contribution in [1.29, 1.82) is 0 Å². The Morgan fingerprint density at radius 1 is 0.906 bits per heavy atom. The number of hydrogen-bond donors (Lipinski definition) is 1. The van der Waals surface area contributed by atoms with Crippen LogP contribution in [-0.2, 0) is 18.9 Å². The highest BCUT2D eigenvalue weighted by Crippen LogP contribution is 2.35. The molecule has 0 aliphatic heterocycles. The van der Waals surface area contributed by atoms with Gasteiger partial charge in [0, 0.05) is 16.2 Å². The summed E-state index contributed by atoms with van der Waals surface area (Å²) in [5.74, 6) is -2.68. The van der Waals surface area contributed by atoms with Crippen molar-refractivity contribution in [3.63, 3.8) is 0 Å². The minimum Gasteiger partial charge on any atom is -0.340 e. The summed E-state index contributed by atoms with van der Waals surface area (Å²) in [6, 6.07) is 9.32. The quantitative estimate of drug-likeness (QED) is 0.280. The fourth-order valence-corrected chi connectivity index (χ4v) is 2.92. The zero-order valence-corrected chi connectivity index (χ0v) is 17.2. The van der Waals surface area contributed by atoms with Crippen molar-refractivity contribution in [3.05, 3.63) is 75.6 Å². The van der Waals surface area contributed by atoms with Crippen molar-refractivity contribution < 1.29 is 30.7 Å². The van der Waals surface area contributed by atoms with Crippen LogP contribution in [0.15, 0.2) is 63.2 Å². The Balaban J connectivity index is 1.90. The van der Waals surface area contributed by atoms with Crippen molar-refractivity contribution in [2.75, 3.05) is 5.32 Å². The number of rotatable bonds is 5. The Morgan fingerprint density at radius 3 is 2.31 bits per heavy atom. The molecule has 1 heterocycles. The molecule has 2 aromatic carbocycles. The minimum absolute atomic E-state index is 0.0225. The van der Waals surface area contributed by atoms with Crippen molar-refractivity contribution >= 4 is 33.4 Å². The number of alkyl halides is 6. The second-order valence-corrected chi connectivity index (χ2v) is 7.20. The number of azo groups is 1. The Morgan fingerprint density at radius 2 is 1.66 bits per heavy atom. The molecule has 0 saturated heterocycles. The summed E-state index contributed by atoms with van der Waals surface area (Å²) in [7, 11) is 0. The highest BCUT2D eigenvalue weighted by atomic mass is 79.9. The Hall–Kier alpha value is -3.09. The fraction of sp³-hybridized carbons (Fsp3) is 0.158. The lowest BCUT2D eigenvalue weighted by molar-refractivity contribution is -0.141. The summed E-state index contributed by atoms with van der Waals surface area (Å²) in [5, 5.41) is 9.64. The van der Waals surface area contributed by atoms with E-state index >= 15 is 0 Å². The number of nitrogens with one attached hydrogen (secondary N) is 1. The van der Waals surface area contributed by atoms with Crippen LogP contribution in [0.25, 0.3) is 0 Å². The average Bonchev–Trinajstić information content (AvgIpc) is 2.68. The van der Waals surface area contributed by atoms with Gasteiger partial charge in [-0.15, -0.1) is 5.11 Å². The molecule has 1 aromatic heterocycles. The van der Waals surface area contributed by atoms with E-state index in [0.717, 1.165) is 10.5 Å². The van der Waals surface area contributed by atoms with Crippen LogP contribution in [-0.4, -0.2) is 9.97 Å². The molecule has 0 atom stereocenters. The van der Waals surface area contributed by atoms with Crippen molar-refractivity contribution in [3.8, 4) is 0 Å². The van der Waals surface area contributed by atoms with E-state index in [2.05, 4.69) is 41.4 Å². The van der Waals surface area contributed by atoms with Crippen LogP contribution in [0.3, 0.4) is 0 Å². The van der Waals surface area contributed by atoms with Gasteiger partial charge in [-0.3, -0.25) is 0 Å². The first-order valence-corrected chi connectivity index (χ1v) is 9.43. The summed E-state index contributed by atoms with van der Waals surface area (Å²) in [6.07, 6.45) is -9.87. The molecular weight excluding hydrogens is 511 g/mol. The number of hydrogen-bond acceptors (Lipinski definition) is 5. The zero-order chi connectivity index (χ0) is 23.5. The first-order valence-electron chi connectivity index (χ1n) is 8.64. The molecule has 3 rings (SSSR count). The zero-order valence-electron chi connectivity index (χ0n) is 15.6. The van der Waals surface area contributed by atoms with E-state index in [-0.39, 0.29) is 12.2 Å². The van der Waals surface area contributed by atoms with Crippen LogP contribution in [0.4, 0.5) is 48.2 Å². The molecule has 13 heteroatoms. The van der Waals surface area contributed by atoms with Gasteiger partial charge in [0.1, 0.15) is 11.6 Å². The average molecular weight is 522 g/mol. The molecule has 5 nitrogen and oxygen atoms in total. The van der Waals surface area contributed by atoms with E-state index in [1.165, 1.54) is 0 Å². The maximum atomic E-state index is 13.4. The smallest absolute Gasteiger partial charge is 0.340 e. The Labute approximate surface area is 184 Å². The lowest BCUT2D eigenvalue weighted by Crippen LogP contribution is -2.11. The van der Waals surface area contributed by atoms with Gasteiger partial charge in [-0.05, 0) is 35.9 Å². The number of halogens is 8. The molecule has 3 aromatic rings. The van der Waals surface area contributed by atoms with Crippen LogP contribution in [0.5, 0.6) is 0 Å². The topological polar surface area (TPSA) is 62.5 Å². The van der Waals surface area contributed by atoms with Crippen molar-refractivity contribution in [1.82, 2.24) is 9.97 Å². The van der Waals surface area contributed by atoms with E-state index in [1.54, 1.807) is 24.3 Å². The van der Waals surface area contributed by atoms with Crippen molar-refractivity contribution in [2.45, 2.75) is 18.9 Å². The number of anilines is 2. The van der Waals surface area contributed by atoms with Crippen LogP contribution < -0.4 is 5.32 Å². The van der Waals surface area contributed by atoms with Gasteiger partial charge in [-0.1, -0.05) is 28.1 Å². The molecule has 1 N–H and O–H groups in total. The lowest BCUT2D eigenvalue weighted by Gasteiger charge is -2.12. The van der Waals surface area contributed by atoms with E-state index in [1.807, 2.05) is 0 Å². The molecule has 0 amide bonds. The molecule has 168 valence electrons. The Kier molecular flexibility index (Phi) is 6.77. The van der Waals surface area contributed by atoms with Crippen LogP contribution in [0.2, 0.25) is 0 Å². The molecule has 0 spiro atoms. The van der Waals surface area contributed by atoms with Gasteiger partial charge in [0.15, 0.2) is 5.69 Å². The largest absolute Gasteiger partial charge is 0.433 e. The highest BCUT2D eigenvalue weighted by molar-refractivity contribution is 9.10.